The first-order valence-electron chi connectivity index (χ1n) is 7.92. The average Bonchev–Trinajstić information content (AvgIpc) is 2.51. The molecule has 0 saturated carbocycles. The van der Waals surface area contributed by atoms with Crippen LogP contribution in [0.4, 0.5) is 11.4 Å². The molecule has 0 aliphatic carbocycles. The van der Waals surface area contributed by atoms with Gasteiger partial charge in [-0.2, -0.15) is 5.26 Å². The Morgan fingerprint density at radius 1 is 1.42 bits per heavy atom. The Morgan fingerprint density at radius 2 is 2.04 bits per heavy atom. The lowest BCUT2D eigenvalue weighted by Gasteiger charge is -2.33. The minimum Gasteiger partial charge on any atom is -0.407 e. The number of benzene rings is 1. The van der Waals surface area contributed by atoms with Crippen molar-refractivity contribution in [3.05, 3.63) is 28.3 Å². The Morgan fingerprint density at radius 3 is 2.54 bits per heavy atom. The van der Waals surface area contributed by atoms with Crippen LogP contribution >= 0.6 is 0 Å². The van der Waals surface area contributed by atoms with Gasteiger partial charge in [-0.05, 0) is 17.4 Å². The molecule has 128 valence electrons. The van der Waals surface area contributed by atoms with Crippen LogP contribution in [0.5, 0.6) is 0 Å². The van der Waals surface area contributed by atoms with Crippen LogP contribution in [-0.4, -0.2) is 31.8 Å². The number of anilines is 1. The summed E-state index contributed by atoms with van der Waals surface area (Å²) < 4.78 is 11.5. The number of hydrogen-bond donors (Lipinski definition) is 0. The summed E-state index contributed by atoms with van der Waals surface area (Å²) in [6, 6.07) is 4.64. The number of hydrogen-bond acceptors (Lipinski definition) is 6. The Bertz CT molecular complexity index is 647. The zero-order valence-electron chi connectivity index (χ0n) is 14.5. The van der Waals surface area contributed by atoms with E-state index < -0.39 is 12.0 Å². The molecule has 1 aliphatic heterocycles. The molecule has 0 spiro atoms. The van der Waals surface area contributed by atoms with E-state index in [1.807, 2.05) is 33.9 Å². The summed E-state index contributed by atoms with van der Waals surface area (Å²) in [6.07, 6.45) is 2.04. The quantitative estimate of drug-likeness (QED) is 0.270. The molecule has 0 aromatic heterocycles. The van der Waals surface area contributed by atoms with Gasteiger partial charge in [-0.1, -0.05) is 33.8 Å². The van der Waals surface area contributed by atoms with E-state index >= 15 is 0 Å². The molecule has 1 aromatic carbocycles. The lowest BCUT2D eigenvalue weighted by atomic mass is 9.75. The molecule has 1 heterocycles. The molecule has 1 aliphatic rings. The first kappa shape index (κ1) is 18.2. The molecule has 0 atom stereocenters. The maximum absolute atomic E-state index is 11.3. The van der Waals surface area contributed by atoms with Crippen molar-refractivity contribution >= 4 is 24.0 Å². The Kier molecular flexibility index (Phi) is 5.47. The topological polar surface area (TPSA) is 88.6 Å². The Hall–Kier alpha value is -2.11. The lowest BCUT2D eigenvalue weighted by molar-refractivity contribution is -0.384. The second-order valence-corrected chi connectivity index (χ2v) is 7.23. The number of nitriles is 1. The molecule has 2 rings (SSSR count). The van der Waals surface area contributed by atoms with E-state index in [4.69, 9.17) is 9.31 Å². The van der Waals surface area contributed by atoms with E-state index in [9.17, 15) is 15.4 Å². The summed E-state index contributed by atoms with van der Waals surface area (Å²) in [5.74, 6) is 0.191. The Balaban J connectivity index is 2.34. The van der Waals surface area contributed by atoms with Crippen LogP contribution in [0.15, 0.2) is 18.2 Å². The summed E-state index contributed by atoms with van der Waals surface area (Å²) in [5, 5.41) is 20.7. The summed E-state index contributed by atoms with van der Waals surface area (Å²) in [7, 11) is -0.572. The SMILES string of the molecule is CC(C)CN(C#N)c1cc(B2OCC(C)(C)CO2)ccc1[N+](=O)[O-]. The minimum absolute atomic E-state index is 0.0591. The molecule has 0 unspecified atom stereocenters. The highest BCUT2D eigenvalue weighted by Gasteiger charge is 2.34. The van der Waals surface area contributed by atoms with Gasteiger partial charge in [-0.3, -0.25) is 15.0 Å². The molecular weight excluding hydrogens is 309 g/mol. The van der Waals surface area contributed by atoms with E-state index in [-0.39, 0.29) is 22.7 Å². The van der Waals surface area contributed by atoms with Crippen LogP contribution in [0.25, 0.3) is 0 Å². The van der Waals surface area contributed by atoms with Crippen molar-refractivity contribution in [1.29, 1.82) is 5.26 Å². The molecule has 0 amide bonds. The lowest BCUT2D eigenvalue weighted by Crippen LogP contribution is -2.47. The number of nitro benzene ring substituents is 1. The number of nitro groups is 1. The maximum Gasteiger partial charge on any atom is 0.493 e. The summed E-state index contributed by atoms with van der Waals surface area (Å²) in [5.41, 5.74) is 0.786. The van der Waals surface area contributed by atoms with E-state index in [0.29, 0.717) is 25.2 Å². The zero-order chi connectivity index (χ0) is 17.9. The van der Waals surface area contributed by atoms with Crippen molar-refractivity contribution in [2.45, 2.75) is 27.7 Å². The highest BCUT2D eigenvalue weighted by atomic mass is 16.6. The highest BCUT2D eigenvalue weighted by molar-refractivity contribution is 6.61. The highest BCUT2D eigenvalue weighted by Crippen LogP contribution is 2.28. The van der Waals surface area contributed by atoms with Crippen molar-refractivity contribution in [3.8, 4) is 6.19 Å². The van der Waals surface area contributed by atoms with Crippen molar-refractivity contribution in [2.24, 2.45) is 11.3 Å². The number of rotatable bonds is 5. The van der Waals surface area contributed by atoms with E-state index in [1.54, 1.807) is 12.1 Å². The van der Waals surface area contributed by atoms with Crippen molar-refractivity contribution in [3.63, 3.8) is 0 Å². The fraction of sp³-hybridized carbons (Fsp3) is 0.562. The van der Waals surface area contributed by atoms with Gasteiger partial charge in [-0.25, -0.2) is 0 Å². The summed E-state index contributed by atoms with van der Waals surface area (Å²) >= 11 is 0. The van der Waals surface area contributed by atoms with E-state index in [2.05, 4.69) is 0 Å². The third kappa shape index (κ3) is 4.25. The summed E-state index contributed by atoms with van der Waals surface area (Å²) in [4.78, 5) is 12.2. The van der Waals surface area contributed by atoms with Gasteiger partial charge in [0.15, 0.2) is 6.19 Å². The predicted octanol–water partition coefficient (Wildman–Crippen LogP) is 2.31. The average molecular weight is 331 g/mol. The van der Waals surface area contributed by atoms with Crippen LogP contribution in [0.2, 0.25) is 0 Å². The predicted molar refractivity (Wildman–Crippen MR) is 92.0 cm³/mol. The normalized spacial score (nSPS) is 16.8. The van der Waals surface area contributed by atoms with E-state index in [1.165, 1.54) is 11.0 Å². The van der Waals surface area contributed by atoms with Crippen molar-refractivity contribution in [2.75, 3.05) is 24.7 Å². The third-order valence-corrected chi connectivity index (χ3v) is 3.68. The fourth-order valence-electron chi connectivity index (χ4n) is 2.50. The van der Waals surface area contributed by atoms with Gasteiger partial charge in [0.2, 0.25) is 0 Å². The fourth-order valence-corrected chi connectivity index (χ4v) is 2.50. The summed E-state index contributed by atoms with van der Waals surface area (Å²) in [6.45, 7) is 9.48. The van der Waals surface area contributed by atoms with Crippen LogP contribution in [0.3, 0.4) is 0 Å². The van der Waals surface area contributed by atoms with Gasteiger partial charge in [-0.15, -0.1) is 0 Å². The van der Waals surface area contributed by atoms with Crippen LogP contribution < -0.4 is 10.4 Å². The van der Waals surface area contributed by atoms with Gasteiger partial charge >= 0.3 is 7.12 Å². The van der Waals surface area contributed by atoms with Gasteiger partial charge in [0.25, 0.3) is 5.69 Å². The van der Waals surface area contributed by atoms with Gasteiger partial charge in [0.05, 0.1) is 4.92 Å². The Labute approximate surface area is 142 Å². The second-order valence-electron chi connectivity index (χ2n) is 7.23. The first-order chi connectivity index (χ1) is 11.2. The van der Waals surface area contributed by atoms with Crippen LogP contribution in [0, 0.1) is 32.9 Å². The van der Waals surface area contributed by atoms with Gasteiger partial charge < -0.3 is 9.31 Å². The van der Waals surface area contributed by atoms with Gasteiger partial charge in [0, 0.05) is 31.2 Å². The maximum atomic E-state index is 11.3. The molecule has 1 aromatic rings. The molecule has 7 nitrogen and oxygen atoms in total. The molecule has 24 heavy (non-hydrogen) atoms. The first-order valence-corrected chi connectivity index (χ1v) is 7.92. The minimum atomic E-state index is -0.572. The largest absolute Gasteiger partial charge is 0.493 e. The second kappa shape index (κ2) is 7.20. The molecule has 8 heteroatoms. The zero-order valence-corrected chi connectivity index (χ0v) is 14.5. The molecule has 0 N–H and O–H groups in total. The van der Waals surface area contributed by atoms with Crippen molar-refractivity contribution in [1.82, 2.24) is 0 Å². The van der Waals surface area contributed by atoms with Crippen LogP contribution in [-0.2, 0) is 9.31 Å². The van der Waals surface area contributed by atoms with Crippen molar-refractivity contribution < 1.29 is 14.2 Å². The van der Waals surface area contributed by atoms with E-state index in [0.717, 1.165) is 0 Å². The number of nitrogens with zero attached hydrogens (tertiary/aromatic N) is 3. The molecule has 1 saturated heterocycles. The standard InChI is InChI=1S/C16H22BN3O4/c1-12(2)8-19(11-18)15-7-13(5-6-14(15)20(21)22)17-23-9-16(3,4)10-24-17/h5-7,12H,8-10H2,1-4H3. The van der Waals surface area contributed by atoms with Crippen LogP contribution in [0.1, 0.15) is 27.7 Å². The monoisotopic (exact) mass is 331 g/mol. The molecular formula is C16H22BN3O4. The molecule has 0 radical (unpaired) electrons. The van der Waals surface area contributed by atoms with Gasteiger partial charge in [0.1, 0.15) is 5.69 Å². The third-order valence-electron chi connectivity index (χ3n) is 3.68. The molecule has 1 fully saturated rings. The molecule has 0 bridgehead atoms. The smallest absolute Gasteiger partial charge is 0.407 e.